The van der Waals surface area contributed by atoms with E-state index in [1.54, 1.807) is 13.8 Å². The Bertz CT molecular complexity index is 539. The van der Waals surface area contributed by atoms with Gasteiger partial charge in [0.2, 0.25) is 0 Å². The number of para-hydroxylation sites is 1. The summed E-state index contributed by atoms with van der Waals surface area (Å²) in [7, 11) is 0. The van der Waals surface area contributed by atoms with Crippen molar-refractivity contribution >= 4 is 23.3 Å². The van der Waals surface area contributed by atoms with Crippen LogP contribution in [-0.4, -0.2) is 24.2 Å². The lowest BCUT2D eigenvalue weighted by atomic mass is 9.86. The molecule has 5 nitrogen and oxygen atoms in total. The summed E-state index contributed by atoms with van der Waals surface area (Å²) in [5.74, 6) is -0.586. The first-order chi connectivity index (χ1) is 8.95. The quantitative estimate of drug-likeness (QED) is 0.781. The van der Waals surface area contributed by atoms with Crippen LogP contribution in [0.4, 0.5) is 5.69 Å². The van der Waals surface area contributed by atoms with Crippen molar-refractivity contribution in [3.05, 3.63) is 30.3 Å². The minimum atomic E-state index is -0.887. The Labute approximate surface area is 111 Å². The summed E-state index contributed by atoms with van der Waals surface area (Å²) in [4.78, 5) is 23.4. The van der Waals surface area contributed by atoms with E-state index >= 15 is 0 Å². The van der Waals surface area contributed by atoms with Gasteiger partial charge in [-0.05, 0) is 26.0 Å². The summed E-state index contributed by atoms with van der Waals surface area (Å²) in [5.41, 5.74) is 0.461. The predicted molar refractivity (Wildman–Crippen MR) is 71.8 cm³/mol. The molecule has 1 aromatic rings. The summed E-state index contributed by atoms with van der Waals surface area (Å²) in [5, 5.41) is 5.64. The van der Waals surface area contributed by atoms with Gasteiger partial charge in [0, 0.05) is 6.92 Å². The molecule has 5 heteroatoms. The smallest absolute Gasteiger partial charge is 0.302 e. The Morgan fingerprint density at radius 1 is 1.37 bits per heavy atom. The standard InChI is InChI=1S/C14H16N2O3/c1-10-14(3,9-19-11(2)17)13(18)16(15-10)12-7-5-4-6-8-12/h4-8H,9H2,1-3H3. The minimum absolute atomic E-state index is 0.0137. The number of anilines is 1. The third kappa shape index (κ3) is 2.36. The van der Waals surface area contributed by atoms with Gasteiger partial charge in [-0.2, -0.15) is 10.1 Å². The molecule has 1 heterocycles. The Hall–Kier alpha value is -2.17. The number of hydrogen-bond acceptors (Lipinski definition) is 4. The summed E-state index contributed by atoms with van der Waals surface area (Å²) in [6.07, 6.45) is 0. The number of benzene rings is 1. The van der Waals surface area contributed by atoms with Crippen molar-refractivity contribution < 1.29 is 14.3 Å². The number of hydrogen-bond donors (Lipinski definition) is 0. The number of amides is 1. The topological polar surface area (TPSA) is 59.0 Å². The Morgan fingerprint density at radius 3 is 2.58 bits per heavy atom. The SMILES string of the molecule is CC(=O)OCC1(C)C(=O)N(c2ccccc2)N=C1C. The molecule has 0 saturated heterocycles. The molecule has 0 aliphatic carbocycles. The van der Waals surface area contributed by atoms with Gasteiger partial charge >= 0.3 is 5.97 Å². The van der Waals surface area contributed by atoms with E-state index < -0.39 is 11.4 Å². The zero-order valence-corrected chi connectivity index (χ0v) is 11.2. The van der Waals surface area contributed by atoms with E-state index in [2.05, 4.69) is 5.10 Å². The van der Waals surface area contributed by atoms with Crippen LogP contribution < -0.4 is 5.01 Å². The first-order valence-corrected chi connectivity index (χ1v) is 6.04. The summed E-state index contributed by atoms with van der Waals surface area (Å²) in [6.45, 7) is 4.84. The predicted octanol–water partition coefficient (Wildman–Crippen LogP) is 1.98. The van der Waals surface area contributed by atoms with Crippen molar-refractivity contribution in [2.75, 3.05) is 11.6 Å². The molecule has 1 aliphatic heterocycles. The second kappa shape index (κ2) is 4.84. The molecule has 0 spiro atoms. The molecular formula is C14H16N2O3. The molecule has 1 atom stereocenters. The highest BCUT2D eigenvalue weighted by Crippen LogP contribution is 2.32. The average molecular weight is 260 g/mol. The second-order valence-corrected chi connectivity index (χ2v) is 4.75. The van der Waals surface area contributed by atoms with Crippen molar-refractivity contribution in [2.24, 2.45) is 10.5 Å². The molecule has 100 valence electrons. The monoisotopic (exact) mass is 260 g/mol. The Balaban J connectivity index is 2.25. The summed E-state index contributed by atoms with van der Waals surface area (Å²) >= 11 is 0. The number of ether oxygens (including phenoxy) is 1. The number of rotatable bonds is 3. The summed E-state index contributed by atoms with van der Waals surface area (Å²) < 4.78 is 4.99. The van der Waals surface area contributed by atoms with Crippen molar-refractivity contribution in [1.82, 2.24) is 0 Å². The van der Waals surface area contributed by atoms with Crippen LogP contribution in [0.5, 0.6) is 0 Å². The lowest BCUT2D eigenvalue weighted by Gasteiger charge is -2.22. The lowest BCUT2D eigenvalue weighted by Crippen LogP contribution is -2.40. The normalized spacial score (nSPS) is 22.4. The molecule has 0 bridgehead atoms. The number of carbonyl (C=O) groups excluding carboxylic acids is 2. The van der Waals surface area contributed by atoms with Gasteiger partial charge in [-0.3, -0.25) is 9.59 Å². The number of hydrazone groups is 1. The van der Waals surface area contributed by atoms with Crippen LogP contribution in [0.25, 0.3) is 0 Å². The van der Waals surface area contributed by atoms with Gasteiger partial charge in [0.15, 0.2) is 0 Å². The Morgan fingerprint density at radius 2 is 2.00 bits per heavy atom. The van der Waals surface area contributed by atoms with Gasteiger partial charge in [-0.15, -0.1) is 0 Å². The van der Waals surface area contributed by atoms with E-state index in [1.165, 1.54) is 11.9 Å². The number of esters is 1. The molecule has 1 amide bonds. The Kier molecular flexibility index (Phi) is 3.38. The van der Waals surface area contributed by atoms with Gasteiger partial charge in [-0.1, -0.05) is 18.2 Å². The van der Waals surface area contributed by atoms with Crippen LogP contribution in [0, 0.1) is 5.41 Å². The maximum Gasteiger partial charge on any atom is 0.302 e. The van der Waals surface area contributed by atoms with E-state index in [0.717, 1.165) is 0 Å². The highest BCUT2D eigenvalue weighted by atomic mass is 16.5. The molecule has 19 heavy (non-hydrogen) atoms. The highest BCUT2D eigenvalue weighted by molar-refractivity contribution is 6.18. The maximum atomic E-state index is 12.5. The lowest BCUT2D eigenvalue weighted by molar-refractivity contribution is -0.144. The molecule has 0 N–H and O–H groups in total. The van der Waals surface area contributed by atoms with Crippen LogP contribution in [0.2, 0.25) is 0 Å². The highest BCUT2D eigenvalue weighted by Gasteiger charge is 2.46. The van der Waals surface area contributed by atoms with Crippen LogP contribution in [0.15, 0.2) is 35.4 Å². The van der Waals surface area contributed by atoms with E-state index in [1.807, 2.05) is 30.3 Å². The summed E-state index contributed by atoms with van der Waals surface area (Å²) in [6, 6.07) is 9.18. The number of nitrogens with zero attached hydrogens (tertiary/aromatic N) is 2. The van der Waals surface area contributed by atoms with Crippen molar-refractivity contribution in [3.63, 3.8) is 0 Å². The van der Waals surface area contributed by atoms with E-state index in [0.29, 0.717) is 11.4 Å². The van der Waals surface area contributed by atoms with Gasteiger partial charge in [-0.25, -0.2) is 0 Å². The average Bonchev–Trinajstić information content (AvgIpc) is 2.62. The molecule has 1 aliphatic rings. The molecule has 1 unspecified atom stereocenters. The molecular weight excluding hydrogens is 244 g/mol. The van der Waals surface area contributed by atoms with Crippen LogP contribution in [0.3, 0.4) is 0 Å². The molecule has 0 aromatic heterocycles. The molecule has 1 aromatic carbocycles. The molecule has 0 saturated carbocycles. The van der Waals surface area contributed by atoms with E-state index in [-0.39, 0.29) is 12.5 Å². The molecule has 2 rings (SSSR count). The van der Waals surface area contributed by atoms with Gasteiger partial charge in [0.05, 0.1) is 11.4 Å². The first-order valence-electron chi connectivity index (χ1n) is 6.04. The second-order valence-electron chi connectivity index (χ2n) is 4.75. The fourth-order valence-corrected chi connectivity index (χ4v) is 1.85. The zero-order chi connectivity index (χ0) is 14.0. The van der Waals surface area contributed by atoms with Gasteiger partial charge in [0.25, 0.3) is 5.91 Å². The van der Waals surface area contributed by atoms with Gasteiger partial charge in [0.1, 0.15) is 12.0 Å². The maximum absolute atomic E-state index is 12.5. The van der Waals surface area contributed by atoms with E-state index in [9.17, 15) is 9.59 Å². The third-order valence-corrected chi connectivity index (χ3v) is 3.28. The largest absolute Gasteiger partial charge is 0.464 e. The van der Waals surface area contributed by atoms with Crippen molar-refractivity contribution in [1.29, 1.82) is 0 Å². The third-order valence-electron chi connectivity index (χ3n) is 3.28. The fraction of sp³-hybridized carbons (Fsp3) is 0.357. The van der Waals surface area contributed by atoms with E-state index in [4.69, 9.17) is 4.74 Å². The zero-order valence-electron chi connectivity index (χ0n) is 11.2. The molecule has 0 fully saturated rings. The van der Waals surface area contributed by atoms with Crippen LogP contribution in [-0.2, 0) is 14.3 Å². The van der Waals surface area contributed by atoms with Crippen molar-refractivity contribution in [3.8, 4) is 0 Å². The molecule has 0 radical (unpaired) electrons. The van der Waals surface area contributed by atoms with Crippen LogP contribution >= 0.6 is 0 Å². The van der Waals surface area contributed by atoms with Crippen LogP contribution in [0.1, 0.15) is 20.8 Å². The minimum Gasteiger partial charge on any atom is -0.464 e. The van der Waals surface area contributed by atoms with Crippen molar-refractivity contribution in [2.45, 2.75) is 20.8 Å². The fourth-order valence-electron chi connectivity index (χ4n) is 1.85. The number of carbonyl (C=O) groups is 2. The first kappa shape index (κ1) is 13.3. The van der Waals surface area contributed by atoms with Gasteiger partial charge < -0.3 is 4.74 Å².